The average Bonchev–Trinajstić information content (AvgIpc) is 2.38. The van der Waals surface area contributed by atoms with Crippen LogP contribution in [0.3, 0.4) is 0 Å². The molecule has 1 aromatic heterocycles. The molecule has 0 radical (unpaired) electrons. The number of hydrogen-bond acceptors (Lipinski definition) is 4. The highest BCUT2D eigenvalue weighted by Crippen LogP contribution is 2.19. The van der Waals surface area contributed by atoms with Crippen LogP contribution in [0.1, 0.15) is 24.9 Å². The SMILES string of the molecule is CCOC(=O)C[C@H](N)c1ccc2ncccc2c1. The summed E-state index contributed by atoms with van der Waals surface area (Å²) in [6, 6.07) is 9.29. The molecule has 0 fully saturated rings. The van der Waals surface area contributed by atoms with Crippen molar-refractivity contribution in [3.05, 3.63) is 42.1 Å². The van der Waals surface area contributed by atoms with E-state index in [4.69, 9.17) is 10.5 Å². The van der Waals surface area contributed by atoms with E-state index in [1.807, 2.05) is 30.3 Å². The molecule has 2 N–H and O–H groups in total. The predicted octanol–water partition coefficient (Wildman–Crippen LogP) is 2.19. The molecule has 4 heteroatoms. The Balaban J connectivity index is 2.17. The Hall–Kier alpha value is -1.94. The molecule has 0 aliphatic heterocycles. The summed E-state index contributed by atoms with van der Waals surface area (Å²) in [6.07, 6.45) is 1.94. The van der Waals surface area contributed by atoms with E-state index in [2.05, 4.69) is 4.98 Å². The molecule has 0 bridgehead atoms. The lowest BCUT2D eigenvalue weighted by Gasteiger charge is -2.11. The van der Waals surface area contributed by atoms with Gasteiger partial charge in [0.2, 0.25) is 0 Å². The molecule has 4 nitrogen and oxygen atoms in total. The van der Waals surface area contributed by atoms with E-state index in [1.54, 1.807) is 13.1 Å². The Morgan fingerprint density at radius 2 is 2.28 bits per heavy atom. The number of carbonyl (C=O) groups excluding carboxylic acids is 1. The molecule has 0 aliphatic rings. The zero-order valence-corrected chi connectivity index (χ0v) is 10.3. The first-order chi connectivity index (χ1) is 8.70. The van der Waals surface area contributed by atoms with Crippen molar-refractivity contribution in [1.29, 1.82) is 0 Å². The third-order valence-corrected chi connectivity index (χ3v) is 2.75. The zero-order chi connectivity index (χ0) is 13.0. The first-order valence-electron chi connectivity index (χ1n) is 5.96. The minimum atomic E-state index is -0.339. The van der Waals surface area contributed by atoms with Gasteiger partial charge in [0, 0.05) is 17.6 Å². The summed E-state index contributed by atoms with van der Waals surface area (Å²) < 4.78 is 4.89. The molecule has 2 aromatic rings. The third kappa shape index (κ3) is 2.84. The largest absolute Gasteiger partial charge is 0.466 e. The van der Waals surface area contributed by atoms with Gasteiger partial charge in [0.05, 0.1) is 18.5 Å². The summed E-state index contributed by atoms with van der Waals surface area (Å²) in [6.45, 7) is 2.16. The van der Waals surface area contributed by atoms with Gasteiger partial charge >= 0.3 is 5.97 Å². The average molecular weight is 244 g/mol. The molecule has 2 rings (SSSR count). The maximum Gasteiger partial charge on any atom is 0.307 e. The van der Waals surface area contributed by atoms with Crippen molar-refractivity contribution in [2.75, 3.05) is 6.61 Å². The van der Waals surface area contributed by atoms with Gasteiger partial charge in [0.15, 0.2) is 0 Å². The van der Waals surface area contributed by atoms with E-state index in [1.165, 1.54) is 0 Å². The zero-order valence-electron chi connectivity index (χ0n) is 10.3. The molecular formula is C14H16N2O2. The Bertz CT molecular complexity index is 554. The van der Waals surface area contributed by atoms with Crippen molar-refractivity contribution in [2.24, 2.45) is 5.73 Å². The highest BCUT2D eigenvalue weighted by molar-refractivity contribution is 5.79. The summed E-state index contributed by atoms with van der Waals surface area (Å²) in [7, 11) is 0. The van der Waals surface area contributed by atoms with E-state index in [0.717, 1.165) is 16.5 Å². The normalized spacial score (nSPS) is 12.3. The molecule has 1 aromatic carbocycles. The lowest BCUT2D eigenvalue weighted by Crippen LogP contribution is -2.17. The summed E-state index contributed by atoms with van der Waals surface area (Å²) in [5.74, 6) is -0.267. The molecule has 0 amide bonds. The molecule has 0 aliphatic carbocycles. The van der Waals surface area contributed by atoms with Crippen molar-refractivity contribution in [1.82, 2.24) is 4.98 Å². The van der Waals surface area contributed by atoms with Gasteiger partial charge in [-0.25, -0.2) is 0 Å². The molecule has 0 saturated heterocycles. The Labute approximate surface area is 106 Å². The van der Waals surface area contributed by atoms with Gasteiger partial charge in [-0.15, -0.1) is 0 Å². The number of carbonyl (C=O) groups is 1. The van der Waals surface area contributed by atoms with Gasteiger partial charge < -0.3 is 10.5 Å². The first-order valence-corrected chi connectivity index (χ1v) is 5.96. The Morgan fingerprint density at radius 1 is 1.44 bits per heavy atom. The smallest absolute Gasteiger partial charge is 0.307 e. The predicted molar refractivity (Wildman–Crippen MR) is 69.9 cm³/mol. The van der Waals surface area contributed by atoms with E-state index < -0.39 is 0 Å². The molecule has 0 unspecified atom stereocenters. The molecule has 18 heavy (non-hydrogen) atoms. The molecule has 94 valence electrons. The van der Waals surface area contributed by atoms with Crippen LogP contribution in [-0.4, -0.2) is 17.6 Å². The van der Waals surface area contributed by atoms with Gasteiger partial charge in [0.1, 0.15) is 0 Å². The summed E-state index contributed by atoms with van der Waals surface area (Å²) in [4.78, 5) is 15.6. The molecule has 0 spiro atoms. The Morgan fingerprint density at radius 3 is 3.06 bits per heavy atom. The van der Waals surface area contributed by atoms with E-state index in [0.29, 0.717) is 6.61 Å². The molecule has 1 atom stereocenters. The molecular weight excluding hydrogens is 228 g/mol. The number of ether oxygens (including phenoxy) is 1. The highest BCUT2D eigenvalue weighted by Gasteiger charge is 2.12. The number of benzene rings is 1. The second-order valence-electron chi connectivity index (χ2n) is 4.07. The molecule has 1 heterocycles. The van der Waals surface area contributed by atoms with Crippen LogP contribution in [0.25, 0.3) is 10.9 Å². The van der Waals surface area contributed by atoms with Gasteiger partial charge in [-0.05, 0) is 30.7 Å². The second-order valence-corrected chi connectivity index (χ2v) is 4.07. The fraction of sp³-hybridized carbons (Fsp3) is 0.286. The maximum atomic E-state index is 11.4. The number of nitrogens with zero attached hydrogens (tertiary/aromatic N) is 1. The van der Waals surface area contributed by atoms with Crippen LogP contribution in [0.4, 0.5) is 0 Å². The van der Waals surface area contributed by atoms with Crippen LogP contribution >= 0.6 is 0 Å². The number of rotatable bonds is 4. The van der Waals surface area contributed by atoms with E-state index >= 15 is 0 Å². The second kappa shape index (κ2) is 5.60. The number of aromatic nitrogens is 1. The monoisotopic (exact) mass is 244 g/mol. The quantitative estimate of drug-likeness (QED) is 0.837. The van der Waals surface area contributed by atoms with Crippen LogP contribution in [0.5, 0.6) is 0 Å². The summed E-state index contributed by atoms with van der Waals surface area (Å²) >= 11 is 0. The van der Waals surface area contributed by atoms with Crippen molar-refractivity contribution < 1.29 is 9.53 Å². The first kappa shape index (κ1) is 12.5. The van der Waals surface area contributed by atoms with Gasteiger partial charge in [-0.1, -0.05) is 12.1 Å². The number of nitrogens with two attached hydrogens (primary N) is 1. The summed E-state index contributed by atoms with van der Waals surface area (Å²) in [5.41, 5.74) is 7.84. The fourth-order valence-electron chi connectivity index (χ4n) is 1.84. The minimum Gasteiger partial charge on any atom is -0.466 e. The van der Waals surface area contributed by atoms with Crippen molar-refractivity contribution in [2.45, 2.75) is 19.4 Å². The Kier molecular flexibility index (Phi) is 3.89. The van der Waals surface area contributed by atoms with Crippen LogP contribution in [0.15, 0.2) is 36.5 Å². The maximum absolute atomic E-state index is 11.4. The lowest BCUT2D eigenvalue weighted by atomic mass is 10.0. The fourth-order valence-corrected chi connectivity index (χ4v) is 1.84. The van der Waals surface area contributed by atoms with Gasteiger partial charge in [-0.2, -0.15) is 0 Å². The topological polar surface area (TPSA) is 65.2 Å². The minimum absolute atomic E-state index is 0.194. The van der Waals surface area contributed by atoms with Gasteiger partial charge in [0.25, 0.3) is 0 Å². The number of fused-ring (bicyclic) bond motifs is 1. The van der Waals surface area contributed by atoms with Gasteiger partial charge in [-0.3, -0.25) is 9.78 Å². The number of pyridine rings is 1. The van der Waals surface area contributed by atoms with Crippen LogP contribution < -0.4 is 5.73 Å². The number of esters is 1. The molecule has 0 saturated carbocycles. The third-order valence-electron chi connectivity index (χ3n) is 2.75. The van der Waals surface area contributed by atoms with Crippen LogP contribution in [0, 0.1) is 0 Å². The van der Waals surface area contributed by atoms with Crippen LogP contribution in [-0.2, 0) is 9.53 Å². The van der Waals surface area contributed by atoms with E-state index in [-0.39, 0.29) is 18.4 Å². The highest BCUT2D eigenvalue weighted by atomic mass is 16.5. The standard InChI is InChI=1S/C14H16N2O2/c1-2-18-14(17)9-12(15)10-5-6-13-11(8-10)4-3-7-16-13/h3-8,12H,2,9,15H2,1H3/t12-/m0/s1. The van der Waals surface area contributed by atoms with E-state index in [9.17, 15) is 4.79 Å². The lowest BCUT2D eigenvalue weighted by molar-refractivity contribution is -0.143. The van der Waals surface area contributed by atoms with Crippen molar-refractivity contribution in [3.63, 3.8) is 0 Å². The van der Waals surface area contributed by atoms with Crippen molar-refractivity contribution >= 4 is 16.9 Å². The summed E-state index contributed by atoms with van der Waals surface area (Å²) in [5, 5.41) is 1.02. The van der Waals surface area contributed by atoms with Crippen molar-refractivity contribution in [3.8, 4) is 0 Å². The van der Waals surface area contributed by atoms with Crippen LogP contribution in [0.2, 0.25) is 0 Å². The number of hydrogen-bond donors (Lipinski definition) is 1.